The van der Waals surface area contributed by atoms with Gasteiger partial charge in [-0.3, -0.25) is 13.9 Å². The quantitative estimate of drug-likeness (QED) is 0.279. The van der Waals surface area contributed by atoms with Gasteiger partial charge in [0.25, 0.3) is 15.9 Å². The van der Waals surface area contributed by atoms with Crippen molar-refractivity contribution in [1.82, 2.24) is 5.32 Å². The Morgan fingerprint density at radius 1 is 0.921 bits per heavy atom. The number of ether oxygens (including phenoxy) is 1. The third-order valence-electron chi connectivity index (χ3n) is 5.73. The van der Waals surface area contributed by atoms with Crippen LogP contribution >= 0.6 is 23.2 Å². The summed E-state index contributed by atoms with van der Waals surface area (Å²) in [6, 6.07) is 20.6. The summed E-state index contributed by atoms with van der Waals surface area (Å²) >= 11 is 12.0. The second kappa shape index (κ2) is 11.3. The van der Waals surface area contributed by atoms with E-state index in [9.17, 15) is 23.1 Å². The van der Waals surface area contributed by atoms with Gasteiger partial charge in [0.2, 0.25) is 0 Å². The highest BCUT2D eigenvalue weighted by molar-refractivity contribution is 7.92. The number of carbonyl (C=O) groups excluding carboxylic acids is 1. The molecule has 0 aliphatic rings. The predicted molar refractivity (Wildman–Crippen MR) is 147 cm³/mol. The van der Waals surface area contributed by atoms with Crippen LogP contribution in [0.15, 0.2) is 83.8 Å². The summed E-state index contributed by atoms with van der Waals surface area (Å²) in [5.41, 5.74) is 1.25. The second-order valence-electron chi connectivity index (χ2n) is 8.22. The lowest BCUT2D eigenvalue weighted by atomic mass is 10.0. The van der Waals surface area contributed by atoms with E-state index in [0.717, 1.165) is 9.87 Å². The average molecular weight is 573 g/mol. The maximum Gasteiger partial charge on any atom is 0.324 e. The first-order valence-corrected chi connectivity index (χ1v) is 13.4. The summed E-state index contributed by atoms with van der Waals surface area (Å²) in [6.45, 7) is -0.604. The van der Waals surface area contributed by atoms with Crippen LogP contribution < -0.4 is 14.4 Å². The van der Waals surface area contributed by atoms with Crippen molar-refractivity contribution in [2.24, 2.45) is 0 Å². The highest BCUT2D eigenvalue weighted by Crippen LogP contribution is 2.34. The van der Waals surface area contributed by atoms with Gasteiger partial charge in [0.15, 0.2) is 0 Å². The van der Waals surface area contributed by atoms with E-state index in [0.29, 0.717) is 22.1 Å². The van der Waals surface area contributed by atoms with Crippen molar-refractivity contribution in [1.29, 1.82) is 0 Å². The molecule has 0 saturated carbocycles. The number of hydrogen-bond donors (Lipinski definition) is 2. The van der Waals surface area contributed by atoms with Gasteiger partial charge in [-0.25, -0.2) is 8.42 Å². The van der Waals surface area contributed by atoms with Crippen LogP contribution in [0.25, 0.3) is 10.8 Å². The molecule has 0 radical (unpaired) electrons. The summed E-state index contributed by atoms with van der Waals surface area (Å²) in [5, 5.41) is 13.4. The van der Waals surface area contributed by atoms with Crippen LogP contribution in [-0.4, -0.2) is 39.1 Å². The van der Waals surface area contributed by atoms with Gasteiger partial charge in [-0.05, 0) is 53.4 Å². The number of hydrogen-bond acceptors (Lipinski definition) is 5. The molecule has 0 saturated heterocycles. The Kier molecular flexibility index (Phi) is 8.11. The van der Waals surface area contributed by atoms with Gasteiger partial charge < -0.3 is 15.2 Å². The van der Waals surface area contributed by atoms with Gasteiger partial charge in [-0.15, -0.1) is 0 Å². The molecule has 0 aromatic heterocycles. The Morgan fingerprint density at radius 2 is 1.55 bits per heavy atom. The van der Waals surface area contributed by atoms with Crippen LogP contribution in [-0.2, 0) is 21.4 Å². The van der Waals surface area contributed by atoms with Crippen LogP contribution in [0.3, 0.4) is 0 Å². The number of methoxy groups -OCH3 is 1. The number of nitrogens with one attached hydrogen (secondary N) is 1. The van der Waals surface area contributed by atoms with Crippen molar-refractivity contribution in [2.75, 3.05) is 18.0 Å². The molecule has 4 aromatic rings. The van der Waals surface area contributed by atoms with Gasteiger partial charge in [-0.1, -0.05) is 59.6 Å². The molecule has 0 atom stereocenters. The Morgan fingerprint density at radius 3 is 2.18 bits per heavy atom. The van der Waals surface area contributed by atoms with Gasteiger partial charge >= 0.3 is 5.97 Å². The van der Waals surface area contributed by atoms with Crippen molar-refractivity contribution in [3.05, 3.63) is 100 Å². The number of nitrogens with zero attached hydrogens (tertiary/aromatic N) is 1. The minimum absolute atomic E-state index is 0.0834. The SMILES string of the molecule is COc1ccc(CNC(=O)c2cccc3c(N(CC(=O)O)S(=O)(=O)c4cc(Cl)cc(Cl)c4)cccc23)cc1. The van der Waals surface area contributed by atoms with Crippen molar-refractivity contribution in [3.8, 4) is 5.75 Å². The van der Waals surface area contributed by atoms with Crippen molar-refractivity contribution in [2.45, 2.75) is 11.4 Å². The lowest BCUT2D eigenvalue weighted by Gasteiger charge is -2.25. The van der Waals surface area contributed by atoms with Gasteiger partial charge in [0, 0.05) is 27.5 Å². The molecule has 8 nitrogen and oxygen atoms in total. The van der Waals surface area contributed by atoms with E-state index in [-0.39, 0.29) is 33.1 Å². The average Bonchev–Trinajstić information content (AvgIpc) is 2.89. The smallest absolute Gasteiger partial charge is 0.324 e. The number of sulfonamides is 1. The van der Waals surface area contributed by atoms with E-state index in [1.807, 2.05) is 12.1 Å². The first-order chi connectivity index (χ1) is 18.1. The van der Waals surface area contributed by atoms with Crippen LogP contribution in [0.2, 0.25) is 10.0 Å². The van der Waals surface area contributed by atoms with Crippen LogP contribution in [0.4, 0.5) is 5.69 Å². The number of fused-ring (bicyclic) bond motifs is 1. The zero-order chi connectivity index (χ0) is 27.4. The van der Waals surface area contributed by atoms with Crippen molar-refractivity contribution >= 4 is 61.6 Å². The topological polar surface area (TPSA) is 113 Å². The minimum Gasteiger partial charge on any atom is -0.497 e. The number of benzene rings is 4. The lowest BCUT2D eigenvalue weighted by molar-refractivity contribution is -0.135. The fourth-order valence-electron chi connectivity index (χ4n) is 3.96. The standard InChI is InChI=1S/C27H22Cl2N2O6S/c1-37-20-10-8-17(9-11-20)15-30-27(34)24-6-2-5-23-22(24)4-3-7-25(23)31(16-26(32)33)38(35,36)21-13-18(28)12-19(29)14-21/h2-14H,15-16H2,1H3,(H,30,34)(H,32,33). The Hall–Kier alpha value is -3.79. The molecule has 0 fully saturated rings. The highest BCUT2D eigenvalue weighted by atomic mass is 35.5. The van der Waals surface area contributed by atoms with Crippen LogP contribution in [0.1, 0.15) is 15.9 Å². The number of carboxylic acid groups (broad SMARTS) is 1. The number of anilines is 1. The molecule has 0 spiro atoms. The molecule has 0 unspecified atom stereocenters. The van der Waals surface area contributed by atoms with Gasteiger partial charge in [0.05, 0.1) is 17.7 Å². The molecule has 2 N–H and O–H groups in total. The zero-order valence-electron chi connectivity index (χ0n) is 20.0. The van der Waals surface area contributed by atoms with E-state index in [1.54, 1.807) is 49.6 Å². The maximum atomic E-state index is 13.6. The molecule has 0 heterocycles. The Bertz CT molecular complexity index is 1600. The van der Waals surface area contributed by atoms with Crippen LogP contribution in [0, 0.1) is 0 Å². The Labute approximate surface area is 229 Å². The van der Waals surface area contributed by atoms with E-state index in [2.05, 4.69) is 5.32 Å². The molecule has 11 heteroatoms. The number of halogens is 2. The molecule has 4 rings (SSSR count). The van der Waals surface area contributed by atoms with E-state index >= 15 is 0 Å². The normalized spacial score (nSPS) is 11.2. The first kappa shape index (κ1) is 27.3. The van der Waals surface area contributed by atoms with Crippen molar-refractivity contribution < 1.29 is 27.9 Å². The highest BCUT2D eigenvalue weighted by Gasteiger charge is 2.29. The molecule has 196 valence electrons. The van der Waals surface area contributed by atoms with Gasteiger partial charge in [0.1, 0.15) is 12.3 Å². The fraction of sp³-hybridized carbons (Fsp3) is 0.111. The summed E-state index contributed by atoms with van der Waals surface area (Å²) in [4.78, 5) is 24.6. The molecule has 0 aliphatic carbocycles. The number of rotatable bonds is 9. The summed E-state index contributed by atoms with van der Waals surface area (Å²) in [6.07, 6.45) is 0. The van der Waals surface area contributed by atoms with Gasteiger partial charge in [-0.2, -0.15) is 0 Å². The molecular weight excluding hydrogens is 551 g/mol. The molecular formula is C27H22Cl2N2O6S. The Balaban J connectivity index is 1.74. The van der Waals surface area contributed by atoms with Crippen molar-refractivity contribution in [3.63, 3.8) is 0 Å². The molecule has 38 heavy (non-hydrogen) atoms. The second-order valence-corrected chi connectivity index (χ2v) is 11.0. The third kappa shape index (κ3) is 5.85. The molecule has 1 amide bonds. The monoisotopic (exact) mass is 572 g/mol. The first-order valence-electron chi connectivity index (χ1n) is 11.2. The largest absolute Gasteiger partial charge is 0.497 e. The minimum atomic E-state index is -4.40. The maximum absolute atomic E-state index is 13.6. The molecule has 4 aromatic carbocycles. The number of carbonyl (C=O) groups is 2. The number of carboxylic acids is 1. The number of amides is 1. The molecule has 0 aliphatic heterocycles. The number of aliphatic carboxylic acids is 1. The lowest BCUT2D eigenvalue weighted by Crippen LogP contribution is -2.36. The summed E-state index contributed by atoms with van der Waals surface area (Å²) in [7, 11) is -2.83. The fourth-order valence-corrected chi connectivity index (χ4v) is 6.12. The predicted octanol–water partition coefficient (Wildman–Crippen LogP) is 5.37. The zero-order valence-corrected chi connectivity index (χ0v) is 22.3. The summed E-state index contributed by atoms with van der Waals surface area (Å²) in [5.74, 6) is -1.05. The van der Waals surface area contributed by atoms with Crippen LogP contribution in [0.5, 0.6) is 5.75 Å². The van der Waals surface area contributed by atoms with E-state index in [1.165, 1.54) is 24.3 Å². The van der Waals surface area contributed by atoms with E-state index in [4.69, 9.17) is 27.9 Å². The third-order valence-corrected chi connectivity index (χ3v) is 7.90. The molecule has 0 bridgehead atoms. The van der Waals surface area contributed by atoms with E-state index < -0.39 is 22.5 Å². The summed E-state index contributed by atoms with van der Waals surface area (Å²) < 4.78 is 33.1.